The smallest absolute Gasteiger partial charge is 0.303 e. The summed E-state index contributed by atoms with van der Waals surface area (Å²) in [6, 6.07) is 0. The highest BCUT2D eigenvalue weighted by Gasteiger charge is 2.12. The van der Waals surface area contributed by atoms with E-state index < -0.39 is 17.5 Å². The molecule has 1 atom stereocenters. The van der Waals surface area contributed by atoms with Crippen molar-refractivity contribution in [2.75, 3.05) is 0 Å². The van der Waals surface area contributed by atoms with Crippen molar-refractivity contribution in [3.05, 3.63) is 24.3 Å². The maximum atomic E-state index is 10.1. The minimum Gasteiger partial charge on any atom is -0.481 e. The van der Waals surface area contributed by atoms with Crippen molar-refractivity contribution in [3.63, 3.8) is 0 Å². The Morgan fingerprint density at radius 3 is 1.64 bits per heavy atom. The molecule has 0 rings (SSSR count). The van der Waals surface area contributed by atoms with E-state index in [1.165, 1.54) is 5.57 Å². The van der Waals surface area contributed by atoms with E-state index in [9.17, 15) is 14.7 Å². The van der Waals surface area contributed by atoms with Crippen molar-refractivity contribution in [1.29, 1.82) is 0 Å². The molecule has 0 spiro atoms. The highest BCUT2D eigenvalue weighted by molar-refractivity contribution is 5.66. The van der Waals surface area contributed by atoms with E-state index in [-0.39, 0.29) is 12.8 Å². The molecule has 0 saturated heterocycles. The van der Waals surface area contributed by atoms with Crippen molar-refractivity contribution in [3.8, 4) is 0 Å². The summed E-state index contributed by atoms with van der Waals surface area (Å²) < 4.78 is 0. The number of aliphatic carboxylic acids is 2. The predicted molar refractivity (Wildman–Crippen MR) is 102 cm³/mol. The summed E-state index contributed by atoms with van der Waals surface area (Å²) in [6.45, 7) is 9.45. The molecule has 0 aromatic heterocycles. The van der Waals surface area contributed by atoms with Crippen LogP contribution in [0.15, 0.2) is 24.3 Å². The van der Waals surface area contributed by atoms with Gasteiger partial charge < -0.3 is 15.3 Å². The molecule has 0 aliphatic carbocycles. The molecule has 0 heterocycles. The first-order chi connectivity index (χ1) is 11.6. The van der Waals surface area contributed by atoms with Crippen LogP contribution in [0.4, 0.5) is 0 Å². The summed E-state index contributed by atoms with van der Waals surface area (Å²) in [4.78, 5) is 20.3. The van der Waals surface area contributed by atoms with Crippen molar-refractivity contribution >= 4 is 11.9 Å². The average Bonchev–Trinajstić information content (AvgIpc) is 2.49. The van der Waals surface area contributed by atoms with Gasteiger partial charge in [-0.25, -0.2) is 0 Å². The van der Waals surface area contributed by atoms with Crippen molar-refractivity contribution in [2.45, 2.75) is 90.6 Å². The fourth-order valence-electron chi connectivity index (χ4n) is 2.01. The van der Waals surface area contributed by atoms with Crippen molar-refractivity contribution in [1.82, 2.24) is 0 Å². The SMILES string of the molecule is C=CC(C)(O)CCC=C(C)C.O=C(O)CCCCCCCCC(=O)O. The van der Waals surface area contributed by atoms with Crippen LogP contribution in [0, 0.1) is 0 Å². The Balaban J connectivity index is 0. The highest BCUT2D eigenvalue weighted by Crippen LogP contribution is 2.13. The number of aliphatic hydroxyl groups is 1. The minimum atomic E-state index is -0.740. The Bertz CT molecular complexity index is 386. The van der Waals surface area contributed by atoms with Gasteiger partial charge in [0.15, 0.2) is 0 Å². The summed E-state index contributed by atoms with van der Waals surface area (Å²) in [7, 11) is 0. The molecule has 0 fully saturated rings. The van der Waals surface area contributed by atoms with Gasteiger partial charge in [0.25, 0.3) is 0 Å². The van der Waals surface area contributed by atoms with E-state index in [2.05, 4.69) is 26.5 Å². The van der Waals surface area contributed by atoms with Gasteiger partial charge in [0.1, 0.15) is 0 Å². The zero-order chi connectivity index (χ0) is 19.7. The first-order valence-corrected chi connectivity index (χ1v) is 9.03. The molecule has 0 radical (unpaired) electrons. The van der Waals surface area contributed by atoms with Crippen LogP contribution in [0.25, 0.3) is 0 Å². The van der Waals surface area contributed by atoms with Gasteiger partial charge in [-0.05, 0) is 46.5 Å². The first-order valence-electron chi connectivity index (χ1n) is 9.03. The predicted octanol–water partition coefficient (Wildman–Crippen LogP) is 4.95. The summed E-state index contributed by atoms with van der Waals surface area (Å²) in [5.74, 6) is -1.48. The number of allylic oxidation sites excluding steroid dienone is 2. The molecule has 0 aliphatic heterocycles. The van der Waals surface area contributed by atoms with Crippen LogP contribution in [0.2, 0.25) is 0 Å². The number of hydrogen-bond acceptors (Lipinski definition) is 3. The van der Waals surface area contributed by atoms with E-state index in [0.29, 0.717) is 0 Å². The molecule has 0 saturated carbocycles. The Labute approximate surface area is 152 Å². The zero-order valence-electron chi connectivity index (χ0n) is 16.1. The molecule has 25 heavy (non-hydrogen) atoms. The molecule has 0 aromatic carbocycles. The Hall–Kier alpha value is -1.62. The molecule has 0 aromatic rings. The average molecular weight is 357 g/mol. The number of unbranched alkanes of at least 4 members (excludes halogenated alkanes) is 5. The Kier molecular flexibility index (Phi) is 16.3. The second-order valence-corrected chi connectivity index (χ2v) is 6.79. The van der Waals surface area contributed by atoms with E-state index in [1.807, 2.05) is 0 Å². The lowest BCUT2D eigenvalue weighted by molar-refractivity contribution is -0.138. The third-order valence-corrected chi connectivity index (χ3v) is 3.67. The summed E-state index contributed by atoms with van der Waals surface area (Å²) in [5, 5.41) is 26.2. The molecular formula is C20H36O5. The number of carboxylic acids is 2. The fourth-order valence-corrected chi connectivity index (χ4v) is 2.01. The van der Waals surface area contributed by atoms with Crippen LogP contribution >= 0.6 is 0 Å². The molecule has 5 nitrogen and oxygen atoms in total. The molecule has 0 bridgehead atoms. The second-order valence-electron chi connectivity index (χ2n) is 6.79. The normalized spacial score (nSPS) is 12.3. The maximum absolute atomic E-state index is 10.1. The molecular weight excluding hydrogens is 320 g/mol. The maximum Gasteiger partial charge on any atom is 0.303 e. The van der Waals surface area contributed by atoms with Crippen LogP contribution in [-0.4, -0.2) is 32.9 Å². The minimum absolute atomic E-state index is 0.245. The number of carbonyl (C=O) groups is 2. The lowest BCUT2D eigenvalue weighted by atomic mass is 10.00. The Morgan fingerprint density at radius 2 is 1.32 bits per heavy atom. The van der Waals surface area contributed by atoms with Crippen molar-refractivity contribution in [2.24, 2.45) is 0 Å². The molecule has 0 aliphatic rings. The van der Waals surface area contributed by atoms with Crippen LogP contribution in [-0.2, 0) is 9.59 Å². The van der Waals surface area contributed by atoms with Gasteiger partial charge in [-0.2, -0.15) is 0 Å². The zero-order valence-corrected chi connectivity index (χ0v) is 16.1. The molecule has 1 unspecified atom stereocenters. The van der Waals surface area contributed by atoms with Crippen molar-refractivity contribution < 1.29 is 24.9 Å². The number of carboxylic acid groups (broad SMARTS) is 2. The van der Waals surface area contributed by atoms with E-state index in [1.54, 1.807) is 13.0 Å². The topological polar surface area (TPSA) is 94.8 Å². The number of hydrogen-bond donors (Lipinski definition) is 3. The molecule has 0 amide bonds. The standard InChI is InChI=1S/C10H18O4.C10H18O/c11-9(12)7-5-3-1-2-4-6-8-10(13)14;1-5-10(4,11)8-6-7-9(2)3/h1-8H2,(H,11,12)(H,13,14);5,7,11H,1,6,8H2,2-4H3. The summed E-state index contributed by atoms with van der Waals surface area (Å²) >= 11 is 0. The fraction of sp³-hybridized carbons (Fsp3) is 0.700. The highest BCUT2D eigenvalue weighted by atomic mass is 16.4. The van der Waals surface area contributed by atoms with Gasteiger partial charge in [-0.15, -0.1) is 6.58 Å². The Morgan fingerprint density at radius 1 is 0.920 bits per heavy atom. The van der Waals surface area contributed by atoms with Crippen LogP contribution in [0.3, 0.4) is 0 Å². The molecule has 146 valence electrons. The second kappa shape index (κ2) is 15.9. The van der Waals surface area contributed by atoms with Gasteiger partial charge >= 0.3 is 11.9 Å². The van der Waals surface area contributed by atoms with E-state index >= 15 is 0 Å². The third-order valence-electron chi connectivity index (χ3n) is 3.67. The molecule has 5 heteroatoms. The summed E-state index contributed by atoms with van der Waals surface area (Å²) in [6.07, 6.45) is 11.2. The molecule has 3 N–H and O–H groups in total. The lowest BCUT2D eigenvalue weighted by Gasteiger charge is -2.16. The van der Waals surface area contributed by atoms with Gasteiger partial charge in [-0.1, -0.05) is 43.4 Å². The summed E-state index contributed by atoms with van der Waals surface area (Å²) in [5.41, 5.74) is 0.594. The van der Waals surface area contributed by atoms with E-state index in [0.717, 1.165) is 51.4 Å². The lowest BCUT2D eigenvalue weighted by Crippen LogP contribution is -2.19. The van der Waals surface area contributed by atoms with Gasteiger partial charge in [0.2, 0.25) is 0 Å². The monoisotopic (exact) mass is 356 g/mol. The largest absolute Gasteiger partial charge is 0.481 e. The van der Waals surface area contributed by atoms with E-state index in [4.69, 9.17) is 10.2 Å². The van der Waals surface area contributed by atoms with Crippen LogP contribution < -0.4 is 0 Å². The third kappa shape index (κ3) is 24.7. The first kappa shape index (κ1) is 25.6. The van der Waals surface area contributed by atoms with Gasteiger partial charge in [0.05, 0.1) is 5.60 Å². The van der Waals surface area contributed by atoms with Gasteiger partial charge in [-0.3, -0.25) is 9.59 Å². The number of rotatable bonds is 13. The van der Waals surface area contributed by atoms with Crippen LogP contribution in [0.5, 0.6) is 0 Å². The van der Waals surface area contributed by atoms with Crippen LogP contribution in [0.1, 0.15) is 85.0 Å². The quantitative estimate of drug-likeness (QED) is 0.321. The van der Waals surface area contributed by atoms with Gasteiger partial charge in [0, 0.05) is 12.8 Å².